The fourth-order valence-electron chi connectivity index (χ4n) is 3.22. The first kappa shape index (κ1) is 13.1. The molecule has 19 heavy (non-hydrogen) atoms. The third-order valence-electron chi connectivity index (χ3n) is 4.29. The van der Waals surface area contributed by atoms with E-state index in [4.69, 9.17) is 4.74 Å². The molecule has 3 rings (SSSR count). The van der Waals surface area contributed by atoms with Crippen LogP contribution in [0.5, 0.6) is 0 Å². The average molecular weight is 280 g/mol. The summed E-state index contributed by atoms with van der Waals surface area (Å²) in [4.78, 5) is 16.7. The molecule has 2 fully saturated rings. The van der Waals surface area contributed by atoms with E-state index in [1.165, 1.54) is 0 Å². The van der Waals surface area contributed by atoms with Gasteiger partial charge in [0.2, 0.25) is 5.91 Å². The van der Waals surface area contributed by atoms with E-state index in [1.807, 2.05) is 16.3 Å². The molecule has 2 aliphatic rings. The second-order valence-corrected chi connectivity index (χ2v) is 6.43. The van der Waals surface area contributed by atoms with Crippen molar-refractivity contribution in [3.8, 4) is 0 Å². The Bertz CT molecular complexity index is 446. The molecule has 0 saturated carbocycles. The van der Waals surface area contributed by atoms with Gasteiger partial charge in [0.25, 0.3) is 0 Å². The van der Waals surface area contributed by atoms with Gasteiger partial charge in [0.1, 0.15) is 0 Å². The van der Waals surface area contributed by atoms with E-state index in [9.17, 15) is 4.79 Å². The van der Waals surface area contributed by atoms with Crippen molar-refractivity contribution < 1.29 is 9.53 Å². The first-order valence-electron chi connectivity index (χ1n) is 6.71. The zero-order valence-corrected chi connectivity index (χ0v) is 12.2. The van der Waals surface area contributed by atoms with Crippen LogP contribution in [0.4, 0.5) is 0 Å². The number of likely N-dealkylation sites (tertiary alicyclic amines) is 1. The van der Waals surface area contributed by atoms with Crippen LogP contribution in [-0.2, 0) is 16.0 Å². The second kappa shape index (κ2) is 5.23. The van der Waals surface area contributed by atoms with Gasteiger partial charge in [0, 0.05) is 18.5 Å². The van der Waals surface area contributed by atoms with E-state index in [2.05, 4.69) is 24.4 Å². The molecule has 2 saturated heterocycles. The summed E-state index contributed by atoms with van der Waals surface area (Å²) in [5.41, 5.74) is 1.12. The van der Waals surface area contributed by atoms with Gasteiger partial charge in [-0.05, 0) is 36.5 Å². The monoisotopic (exact) mass is 280 g/mol. The van der Waals surface area contributed by atoms with Crippen molar-refractivity contribution in [2.45, 2.75) is 18.5 Å². The highest BCUT2D eigenvalue weighted by molar-refractivity contribution is 7.07. The topological polar surface area (TPSA) is 32.8 Å². The van der Waals surface area contributed by atoms with E-state index >= 15 is 0 Å². The van der Waals surface area contributed by atoms with Gasteiger partial charge in [-0.2, -0.15) is 11.3 Å². The van der Waals surface area contributed by atoms with E-state index in [0.717, 1.165) is 18.7 Å². The standard InChI is InChI=1S/C14H20N2O2S/c1-15(2)12-6-16(13-8-18-7-11(12)13)14(17)5-10-3-4-19-9-10/h3-4,9,11-13H,5-8H2,1-2H3/t11-,12-,13-/m1/s1. The van der Waals surface area contributed by atoms with Gasteiger partial charge in [0.05, 0.1) is 25.7 Å². The number of nitrogens with zero attached hydrogens (tertiary/aromatic N) is 2. The maximum absolute atomic E-state index is 12.5. The number of ether oxygens (including phenoxy) is 1. The van der Waals surface area contributed by atoms with E-state index in [-0.39, 0.29) is 11.9 Å². The molecule has 4 nitrogen and oxygen atoms in total. The van der Waals surface area contributed by atoms with Crippen molar-refractivity contribution in [3.63, 3.8) is 0 Å². The molecular formula is C14H20N2O2S. The number of likely N-dealkylation sites (N-methyl/N-ethyl adjacent to an activating group) is 1. The summed E-state index contributed by atoms with van der Waals surface area (Å²) in [7, 11) is 4.18. The van der Waals surface area contributed by atoms with Gasteiger partial charge in [-0.3, -0.25) is 4.79 Å². The summed E-state index contributed by atoms with van der Waals surface area (Å²) < 4.78 is 5.59. The van der Waals surface area contributed by atoms with Crippen LogP contribution in [0.1, 0.15) is 5.56 Å². The van der Waals surface area contributed by atoms with Crippen LogP contribution in [0.15, 0.2) is 16.8 Å². The van der Waals surface area contributed by atoms with Crippen molar-refractivity contribution in [3.05, 3.63) is 22.4 Å². The Morgan fingerprint density at radius 2 is 2.37 bits per heavy atom. The summed E-state index contributed by atoms with van der Waals surface area (Å²) in [6, 6.07) is 2.74. The van der Waals surface area contributed by atoms with Crippen molar-refractivity contribution in [1.29, 1.82) is 0 Å². The SMILES string of the molecule is CN(C)[C@@H]1CN(C(=O)Cc2ccsc2)[C@@H]2COC[C@H]12. The lowest BCUT2D eigenvalue weighted by Crippen LogP contribution is -2.39. The fourth-order valence-corrected chi connectivity index (χ4v) is 3.89. The van der Waals surface area contributed by atoms with Crippen LogP contribution >= 0.6 is 11.3 Å². The van der Waals surface area contributed by atoms with Gasteiger partial charge in [0.15, 0.2) is 0 Å². The Kier molecular flexibility index (Phi) is 3.60. The first-order chi connectivity index (χ1) is 9.16. The van der Waals surface area contributed by atoms with E-state index in [1.54, 1.807) is 11.3 Å². The summed E-state index contributed by atoms with van der Waals surface area (Å²) in [5, 5.41) is 4.08. The molecule has 0 bridgehead atoms. The minimum Gasteiger partial charge on any atom is -0.379 e. The second-order valence-electron chi connectivity index (χ2n) is 5.65. The number of carbonyl (C=O) groups excluding carboxylic acids is 1. The highest BCUT2D eigenvalue weighted by atomic mass is 32.1. The molecular weight excluding hydrogens is 260 g/mol. The molecule has 3 heterocycles. The Hall–Kier alpha value is -0.910. The van der Waals surface area contributed by atoms with Crippen molar-refractivity contribution in [1.82, 2.24) is 9.80 Å². The number of hydrogen-bond acceptors (Lipinski definition) is 4. The quantitative estimate of drug-likeness (QED) is 0.830. The number of rotatable bonds is 3. The van der Waals surface area contributed by atoms with Crippen LogP contribution in [-0.4, -0.2) is 61.6 Å². The van der Waals surface area contributed by atoms with Crippen molar-refractivity contribution in [2.75, 3.05) is 33.9 Å². The first-order valence-corrected chi connectivity index (χ1v) is 7.66. The molecule has 2 aliphatic heterocycles. The lowest BCUT2D eigenvalue weighted by atomic mass is 9.99. The molecule has 1 aromatic heterocycles. The van der Waals surface area contributed by atoms with Gasteiger partial charge in [-0.1, -0.05) is 0 Å². The Labute approximate surface area is 118 Å². The van der Waals surface area contributed by atoms with E-state index in [0.29, 0.717) is 25.0 Å². The molecule has 1 aromatic rings. The molecule has 0 radical (unpaired) electrons. The molecule has 0 spiro atoms. The molecule has 0 N–H and O–H groups in total. The minimum atomic E-state index is 0.239. The number of amides is 1. The average Bonchev–Trinajstić information content (AvgIpc) is 3.03. The highest BCUT2D eigenvalue weighted by Crippen LogP contribution is 2.32. The van der Waals surface area contributed by atoms with Crippen LogP contribution < -0.4 is 0 Å². The number of hydrogen-bond donors (Lipinski definition) is 0. The van der Waals surface area contributed by atoms with Gasteiger partial charge < -0.3 is 14.5 Å². The lowest BCUT2D eigenvalue weighted by Gasteiger charge is -2.23. The zero-order chi connectivity index (χ0) is 13.4. The molecule has 104 valence electrons. The smallest absolute Gasteiger partial charge is 0.227 e. The lowest BCUT2D eigenvalue weighted by molar-refractivity contribution is -0.131. The van der Waals surface area contributed by atoms with Crippen molar-refractivity contribution in [2.24, 2.45) is 5.92 Å². The number of fused-ring (bicyclic) bond motifs is 1. The number of thiophene rings is 1. The molecule has 0 unspecified atom stereocenters. The molecule has 5 heteroatoms. The van der Waals surface area contributed by atoms with Gasteiger partial charge >= 0.3 is 0 Å². The van der Waals surface area contributed by atoms with Crippen LogP contribution in [0.25, 0.3) is 0 Å². The normalized spacial score (nSPS) is 30.1. The van der Waals surface area contributed by atoms with Crippen LogP contribution in [0, 0.1) is 5.92 Å². The summed E-state index contributed by atoms with van der Waals surface area (Å²) in [6.45, 7) is 2.33. The summed E-state index contributed by atoms with van der Waals surface area (Å²) in [5.74, 6) is 0.713. The molecule has 0 aromatic carbocycles. The maximum Gasteiger partial charge on any atom is 0.227 e. The maximum atomic E-state index is 12.5. The van der Waals surface area contributed by atoms with Gasteiger partial charge in [-0.15, -0.1) is 0 Å². The largest absolute Gasteiger partial charge is 0.379 e. The fraction of sp³-hybridized carbons (Fsp3) is 0.643. The van der Waals surface area contributed by atoms with E-state index < -0.39 is 0 Å². The Morgan fingerprint density at radius 1 is 1.53 bits per heavy atom. The number of carbonyl (C=O) groups is 1. The predicted octanol–water partition coefficient (Wildman–Crippen LogP) is 1.08. The third-order valence-corrected chi connectivity index (χ3v) is 5.02. The van der Waals surface area contributed by atoms with Gasteiger partial charge in [-0.25, -0.2) is 0 Å². The zero-order valence-electron chi connectivity index (χ0n) is 11.4. The van der Waals surface area contributed by atoms with Crippen LogP contribution in [0.2, 0.25) is 0 Å². The predicted molar refractivity (Wildman–Crippen MR) is 75.3 cm³/mol. The highest BCUT2D eigenvalue weighted by Gasteiger charge is 2.47. The Morgan fingerprint density at radius 3 is 3.05 bits per heavy atom. The minimum absolute atomic E-state index is 0.239. The summed E-state index contributed by atoms with van der Waals surface area (Å²) in [6.07, 6.45) is 0.521. The Balaban J connectivity index is 1.72. The molecule has 1 amide bonds. The molecule has 3 atom stereocenters. The van der Waals surface area contributed by atoms with Crippen LogP contribution in [0.3, 0.4) is 0 Å². The summed E-state index contributed by atoms with van der Waals surface area (Å²) >= 11 is 1.65. The van der Waals surface area contributed by atoms with Crippen molar-refractivity contribution >= 4 is 17.2 Å². The third kappa shape index (κ3) is 2.42. The molecule has 0 aliphatic carbocycles.